The lowest BCUT2D eigenvalue weighted by atomic mass is 10.2. The smallest absolute Gasteiger partial charge is 0.246 e. The van der Waals surface area contributed by atoms with Crippen molar-refractivity contribution >= 4 is 39.1 Å². The molecule has 9 heteroatoms. The number of imide groups is 1. The first-order chi connectivity index (χ1) is 9.77. The number of anilines is 1. The molecule has 0 aliphatic carbocycles. The van der Waals surface area contributed by atoms with Gasteiger partial charge in [0.2, 0.25) is 21.8 Å². The maximum atomic E-state index is 12.7. The van der Waals surface area contributed by atoms with Gasteiger partial charge in [0.05, 0.1) is 12.2 Å². The van der Waals surface area contributed by atoms with Gasteiger partial charge in [-0.25, -0.2) is 8.42 Å². The number of nitrogens with two attached hydrogens (primary N) is 1. The molecule has 0 saturated carbocycles. The molecule has 0 radical (unpaired) electrons. The highest BCUT2D eigenvalue weighted by molar-refractivity contribution is 7.89. The van der Waals surface area contributed by atoms with Crippen LogP contribution in [0, 0.1) is 0 Å². The van der Waals surface area contributed by atoms with Crippen molar-refractivity contribution < 1.29 is 18.0 Å². The normalized spacial score (nSPS) is 20.4. The minimum Gasteiger partial charge on any atom is -0.398 e. The number of sulfonamides is 1. The summed E-state index contributed by atoms with van der Waals surface area (Å²) >= 11 is 5.80. The third-order valence-electron chi connectivity index (χ3n) is 3.16. The van der Waals surface area contributed by atoms with Gasteiger partial charge in [-0.2, -0.15) is 4.31 Å². The second-order valence-corrected chi connectivity index (χ2v) is 6.86. The minimum atomic E-state index is -4.10. The van der Waals surface area contributed by atoms with E-state index in [0.717, 1.165) is 4.31 Å². The Morgan fingerprint density at radius 2 is 2.10 bits per heavy atom. The van der Waals surface area contributed by atoms with Crippen LogP contribution in [0.15, 0.2) is 23.1 Å². The van der Waals surface area contributed by atoms with E-state index in [1.165, 1.54) is 18.2 Å². The van der Waals surface area contributed by atoms with Crippen LogP contribution in [0.5, 0.6) is 0 Å². The van der Waals surface area contributed by atoms with E-state index in [1.807, 2.05) is 0 Å². The van der Waals surface area contributed by atoms with E-state index in [4.69, 9.17) is 17.3 Å². The topological polar surface area (TPSA) is 110 Å². The highest BCUT2D eigenvalue weighted by Gasteiger charge is 2.41. The zero-order valence-electron chi connectivity index (χ0n) is 11.2. The van der Waals surface area contributed by atoms with Gasteiger partial charge in [0.25, 0.3) is 0 Å². The van der Waals surface area contributed by atoms with Crippen LogP contribution < -0.4 is 11.1 Å². The molecule has 1 aromatic rings. The molecule has 1 heterocycles. The Morgan fingerprint density at radius 3 is 2.71 bits per heavy atom. The van der Waals surface area contributed by atoms with E-state index in [1.54, 1.807) is 6.92 Å². The third kappa shape index (κ3) is 2.87. The van der Waals surface area contributed by atoms with Gasteiger partial charge in [-0.15, -0.1) is 0 Å². The van der Waals surface area contributed by atoms with E-state index in [0.29, 0.717) is 0 Å². The highest BCUT2D eigenvalue weighted by Crippen LogP contribution is 2.28. The van der Waals surface area contributed by atoms with Crippen LogP contribution in [0.4, 0.5) is 5.69 Å². The Labute approximate surface area is 127 Å². The van der Waals surface area contributed by atoms with Crippen LogP contribution in [-0.2, 0) is 19.6 Å². The lowest BCUT2D eigenvalue weighted by molar-refractivity contribution is -0.137. The Kier molecular flexibility index (Phi) is 4.22. The monoisotopic (exact) mass is 331 g/mol. The second kappa shape index (κ2) is 5.63. The Bertz CT molecular complexity index is 704. The van der Waals surface area contributed by atoms with E-state index >= 15 is 0 Å². The summed E-state index contributed by atoms with van der Waals surface area (Å²) in [7, 11) is -4.10. The zero-order chi connectivity index (χ0) is 15.8. The predicted octanol–water partition coefficient (Wildman–Crippen LogP) is 0.348. The molecule has 1 saturated heterocycles. The van der Waals surface area contributed by atoms with E-state index < -0.39 is 34.4 Å². The quantitative estimate of drug-likeness (QED) is 0.613. The van der Waals surface area contributed by atoms with Crippen LogP contribution in [0.1, 0.15) is 13.3 Å². The summed E-state index contributed by atoms with van der Waals surface area (Å²) in [4.78, 5) is 23.0. The molecule has 21 heavy (non-hydrogen) atoms. The Morgan fingerprint density at radius 1 is 1.43 bits per heavy atom. The second-order valence-electron chi connectivity index (χ2n) is 4.57. The van der Waals surface area contributed by atoms with Crippen molar-refractivity contribution in [1.29, 1.82) is 0 Å². The summed E-state index contributed by atoms with van der Waals surface area (Å²) in [5.74, 6) is -1.31. The third-order valence-corrected chi connectivity index (χ3v) is 5.31. The average molecular weight is 332 g/mol. The number of halogens is 1. The SMILES string of the molecule is CCC1C(=O)NC(=O)CN1S(=O)(=O)c1cc(Cl)ccc1N. The molecule has 2 rings (SSSR count). The molecule has 1 aliphatic rings. The number of nitrogens with one attached hydrogen (secondary N) is 1. The van der Waals surface area contributed by atoms with Gasteiger partial charge in [0, 0.05) is 5.02 Å². The first kappa shape index (κ1) is 15.7. The molecular formula is C12H14ClN3O4S. The van der Waals surface area contributed by atoms with Crippen LogP contribution in [0.2, 0.25) is 5.02 Å². The predicted molar refractivity (Wildman–Crippen MR) is 77.0 cm³/mol. The molecule has 0 bridgehead atoms. The molecule has 3 N–H and O–H groups in total. The van der Waals surface area contributed by atoms with Gasteiger partial charge in [-0.1, -0.05) is 18.5 Å². The number of hydrogen-bond acceptors (Lipinski definition) is 5. The molecule has 7 nitrogen and oxygen atoms in total. The van der Waals surface area contributed by atoms with Gasteiger partial charge in [0.15, 0.2) is 0 Å². The lowest BCUT2D eigenvalue weighted by Gasteiger charge is -2.32. The van der Waals surface area contributed by atoms with Crippen LogP contribution >= 0.6 is 11.6 Å². The summed E-state index contributed by atoms with van der Waals surface area (Å²) in [6, 6.07) is 3.07. The highest BCUT2D eigenvalue weighted by atomic mass is 35.5. The molecular weight excluding hydrogens is 318 g/mol. The number of amides is 2. The fraction of sp³-hybridized carbons (Fsp3) is 0.333. The van der Waals surface area contributed by atoms with Crippen molar-refractivity contribution in [2.45, 2.75) is 24.3 Å². The number of benzene rings is 1. The number of hydrogen-bond donors (Lipinski definition) is 2. The number of rotatable bonds is 3. The van der Waals surface area contributed by atoms with E-state index in [-0.39, 0.29) is 22.0 Å². The molecule has 1 aliphatic heterocycles. The summed E-state index contributed by atoms with van der Waals surface area (Å²) < 4.78 is 26.2. The van der Waals surface area contributed by atoms with E-state index in [9.17, 15) is 18.0 Å². The van der Waals surface area contributed by atoms with Crippen molar-refractivity contribution in [3.63, 3.8) is 0 Å². The minimum absolute atomic E-state index is 0.00711. The Hall–Kier alpha value is -1.64. The van der Waals surface area contributed by atoms with Gasteiger partial charge in [-0.3, -0.25) is 14.9 Å². The van der Waals surface area contributed by atoms with Gasteiger partial charge >= 0.3 is 0 Å². The summed E-state index contributed by atoms with van der Waals surface area (Å²) in [6.07, 6.45) is 0.235. The maximum absolute atomic E-state index is 12.7. The van der Waals surface area contributed by atoms with Crippen LogP contribution in [-0.4, -0.2) is 37.1 Å². The average Bonchev–Trinajstić information content (AvgIpc) is 2.40. The standard InChI is InChI=1S/C12H14ClN3O4S/c1-2-9-12(18)15-11(17)6-16(9)21(19,20)10-5-7(13)3-4-8(10)14/h3-5,9H,2,6,14H2,1H3,(H,15,17,18). The number of carbonyl (C=O) groups excluding carboxylic acids is 2. The number of carbonyl (C=O) groups is 2. The Balaban J connectivity index is 2.53. The van der Waals surface area contributed by atoms with Gasteiger partial charge in [-0.05, 0) is 24.6 Å². The van der Waals surface area contributed by atoms with Crippen molar-refractivity contribution in [1.82, 2.24) is 9.62 Å². The molecule has 1 fully saturated rings. The fourth-order valence-corrected chi connectivity index (χ4v) is 4.14. The van der Waals surface area contributed by atoms with Crippen molar-refractivity contribution in [2.24, 2.45) is 0 Å². The van der Waals surface area contributed by atoms with Crippen molar-refractivity contribution in [3.05, 3.63) is 23.2 Å². The fourth-order valence-electron chi connectivity index (χ4n) is 2.14. The van der Waals surface area contributed by atoms with Crippen LogP contribution in [0.3, 0.4) is 0 Å². The largest absolute Gasteiger partial charge is 0.398 e. The lowest BCUT2D eigenvalue weighted by Crippen LogP contribution is -2.59. The van der Waals surface area contributed by atoms with Crippen LogP contribution in [0.25, 0.3) is 0 Å². The molecule has 1 atom stereocenters. The molecule has 1 unspecified atom stereocenters. The summed E-state index contributed by atoms with van der Waals surface area (Å²) in [6.45, 7) is 1.22. The molecule has 114 valence electrons. The van der Waals surface area contributed by atoms with Gasteiger partial charge in [0.1, 0.15) is 10.9 Å². The summed E-state index contributed by atoms with van der Waals surface area (Å²) in [5, 5.41) is 2.32. The van der Waals surface area contributed by atoms with Crippen molar-refractivity contribution in [3.8, 4) is 0 Å². The molecule has 2 amide bonds. The molecule has 0 aromatic heterocycles. The molecule has 1 aromatic carbocycles. The zero-order valence-corrected chi connectivity index (χ0v) is 12.7. The van der Waals surface area contributed by atoms with Crippen molar-refractivity contribution in [2.75, 3.05) is 12.3 Å². The number of nitrogen functional groups attached to an aromatic ring is 1. The summed E-state index contributed by atoms with van der Waals surface area (Å²) in [5.41, 5.74) is 5.70. The maximum Gasteiger partial charge on any atom is 0.246 e. The first-order valence-electron chi connectivity index (χ1n) is 6.18. The first-order valence-corrected chi connectivity index (χ1v) is 7.99. The molecule has 0 spiro atoms. The number of piperazine rings is 1. The number of nitrogens with zero attached hydrogens (tertiary/aromatic N) is 1. The van der Waals surface area contributed by atoms with Gasteiger partial charge < -0.3 is 5.73 Å². The van der Waals surface area contributed by atoms with E-state index in [2.05, 4.69) is 5.32 Å².